The summed E-state index contributed by atoms with van der Waals surface area (Å²) in [4.78, 5) is 0. The van der Waals surface area contributed by atoms with Gasteiger partial charge in [-0.05, 0) is 6.92 Å². The summed E-state index contributed by atoms with van der Waals surface area (Å²) in [7, 11) is 0. The quantitative estimate of drug-likeness (QED) is 0.495. The highest BCUT2D eigenvalue weighted by Gasteiger charge is 1.97. The Hall–Kier alpha value is -1.30. The summed E-state index contributed by atoms with van der Waals surface area (Å²) in [6, 6.07) is 1.92. The Balaban J connectivity index is 3.15. The van der Waals surface area contributed by atoms with E-state index >= 15 is 0 Å². The van der Waals surface area contributed by atoms with Gasteiger partial charge >= 0.3 is 0 Å². The van der Waals surface area contributed by atoms with E-state index < -0.39 is 0 Å². The van der Waals surface area contributed by atoms with Crippen molar-refractivity contribution in [3.8, 4) is 6.07 Å². The van der Waals surface area contributed by atoms with Gasteiger partial charge in [-0.25, -0.2) is 0 Å². The molecule has 0 fully saturated rings. The van der Waals surface area contributed by atoms with Crippen molar-refractivity contribution in [2.24, 2.45) is 0 Å². The zero-order valence-electron chi connectivity index (χ0n) is 4.38. The summed E-state index contributed by atoms with van der Waals surface area (Å²) in [6.07, 6.45) is 1.33. The van der Waals surface area contributed by atoms with Crippen LogP contribution in [0.2, 0.25) is 0 Å². The third kappa shape index (κ3) is 0.562. The van der Waals surface area contributed by atoms with Gasteiger partial charge in [-0.15, -0.1) is 0 Å². The Morgan fingerprint density at radius 2 is 2.62 bits per heavy atom. The standard InChI is InChI=1S/C5H4N2O/c1-4-5(2-6)3-8-7-4/h3H,1H3. The maximum atomic E-state index is 8.26. The Labute approximate surface area is 46.5 Å². The molecule has 1 heterocycles. The van der Waals surface area contributed by atoms with Gasteiger partial charge in [-0.1, -0.05) is 5.16 Å². The summed E-state index contributed by atoms with van der Waals surface area (Å²) in [5, 5.41) is 11.7. The molecule has 40 valence electrons. The van der Waals surface area contributed by atoms with Crippen LogP contribution in [0, 0.1) is 18.3 Å². The van der Waals surface area contributed by atoms with E-state index in [0.29, 0.717) is 11.3 Å². The van der Waals surface area contributed by atoms with Crippen LogP contribution < -0.4 is 0 Å². The van der Waals surface area contributed by atoms with Gasteiger partial charge in [-0.2, -0.15) is 5.26 Å². The molecule has 3 heteroatoms. The van der Waals surface area contributed by atoms with Crippen LogP contribution in [0.15, 0.2) is 10.8 Å². The van der Waals surface area contributed by atoms with Crippen molar-refractivity contribution in [2.75, 3.05) is 0 Å². The fourth-order valence-corrected chi connectivity index (χ4v) is 0.400. The zero-order valence-corrected chi connectivity index (χ0v) is 4.38. The second-order valence-corrected chi connectivity index (χ2v) is 1.43. The average Bonchev–Trinajstić information content (AvgIpc) is 2.14. The van der Waals surface area contributed by atoms with E-state index in [1.165, 1.54) is 6.26 Å². The fourth-order valence-electron chi connectivity index (χ4n) is 0.400. The van der Waals surface area contributed by atoms with E-state index in [0.717, 1.165) is 0 Å². The first kappa shape index (κ1) is 4.85. The number of hydrogen-bond acceptors (Lipinski definition) is 3. The van der Waals surface area contributed by atoms with Gasteiger partial charge < -0.3 is 4.52 Å². The van der Waals surface area contributed by atoms with Crippen LogP contribution in [0.1, 0.15) is 11.3 Å². The van der Waals surface area contributed by atoms with Crippen LogP contribution in [0.25, 0.3) is 0 Å². The van der Waals surface area contributed by atoms with E-state index in [-0.39, 0.29) is 0 Å². The third-order valence-corrected chi connectivity index (χ3v) is 0.870. The smallest absolute Gasteiger partial charge is 0.141 e. The number of nitriles is 1. The number of aryl methyl sites for hydroxylation is 1. The fraction of sp³-hybridized carbons (Fsp3) is 0.200. The summed E-state index contributed by atoms with van der Waals surface area (Å²) in [5.74, 6) is 0. The van der Waals surface area contributed by atoms with Crippen LogP contribution in [-0.4, -0.2) is 5.16 Å². The molecule has 0 amide bonds. The van der Waals surface area contributed by atoms with Crippen molar-refractivity contribution < 1.29 is 4.52 Å². The Kier molecular flexibility index (Phi) is 1.01. The molecule has 0 saturated heterocycles. The lowest BCUT2D eigenvalue weighted by molar-refractivity contribution is 0.415. The van der Waals surface area contributed by atoms with Crippen LogP contribution >= 0.6 is 0 Å². The maximum absolute atomic E-state index is 8.26. The minimum absolute atomic E-state index is 0.505. The van der Waals surface area contributed by atoms with Crippen LogP contribution in [0.4, 0.5) is 0 Å². The third-order valence-electron chi connectivity index (χ3n) is 0.870. The van der Waals surface area contributed by atoms with E-state index in [4.69, 9.17) is 5.26 Å². The largest absolute Gasteiger partial charge is 0.363 e. The lowest BCUT2D eigenvalue weighted by atomic mass is 10.3. The monoisotopic (exact) mass is 108 g/mol. The van der Waals surface area contributed by atoms with Gasteiger partial charge in [-0.3, -0.25) is 0 Å². The van der Waals surface area contributed by atoms with E-state index in [9.17, 15) is 0 Å². The summed E-state index contributed by atoms with van der Waals surface area (Å²) in [6.45, 7) is 1.72. The molecular formula is C5H4N2O. The second-order valence-electron chi connectivity index (χ2n) is 1.43. The van der Waals surface area contributed by atoms with Crippen LogP contribution in [0.3, 0.4) is 0 Å². The molecule has 3 nitrogen and oxygen atoms in total. The molecule has 0 aliphatic rings. The van der Waals surface area contributed by atoms with Crippen molar-refractivity contribution >= 4 is 0 Å². The SMILES string of the molecule is Cc1nocc1C#N. The van der Waals surface area contributed by atoms with E-state index in [1.807, 2.05) is 6.07 Å². The van der Waals surface area contributed by atoms with Gasteiger partial charge in [0.05, 0.1) is 5.69 Å². The van der Waals surface area contributed by atoms with Gasteiger partial charge in [0.1, 0.15) is 17.9 Å². The average molecular weight is 108 g/mol. The second kappa shape index (κ2) is 1.66. The highest BCUT2D eigenvalue weighted by Crippen LogP contribution is 2.00. The highest BCUT2D eigenvalue weighted by atomic mass is 16.5. The molecule has 0 N–H and O–H groups in total. The van der Waals surface area contributed by atoms with Crippen molar-refractivity contribution in [1.82, 2.24) is 5.16 Å². The number of aromatic nitrogens is 1. The summed E-state index contributed by atoms with van der Waals surface area (Å²) < 4.78 is 4.46. The van der Waals surface area contributed by atoms with Crippen molar-refractivity contribution in [3.63, 3.8) is 0 Å². The molecule has 8 heavy (non-hydrogen) atoms. The van der Waals surface area contributed by atoms with Crippen LogP contribution in [0.5, 0.6) is 0 Å². The first-order valence-corrected chi connectivity index (χ1v) is 2.15. The van der Waals surface area contributed by atoms with Crippen LogP contribution in [-0.2, 0) is 0 Å². The lowest BCUT2D eigenvalue weighted by Gasteiger charge is -1.71. The van der Waals surface area contributed by atoms with Gasteiger partial charge in [0.2, 0.25) is 0 Å². The Morgan fingerprint density at radius 3 is 2.88 bits per heavy atom. The maximum Gasteiger partial charge on any atom is 0.141 e. The minimum atomic E-state index is 0.505. The predicted molar refractivity (Wildman–Crippen MR) is 26.0 cm³/mol. The van der Waals surface area contributed by atoms with Crippen molar-refractivity contribution in [3.05, 3.63) is 17.5 Å². The predicted octanol–water partition coefficient (Wildman–Crippen LogP) is 0.855. The van der Waals surface area contributed by atoms with Crippen molar-refractivity contribution in [1.29, 1.82) is 5.26 Å². The molecule has 0 aromatic carbocycles. The molecule has 0 aliphatic carbocycles. The molecule has 1 rings (SSSR count). The molecule has 0 radical (unpaired) electrons. The number of hydrogen-bond donors (Lipinski definition) is 0. The van der Waals surface area contributed by atoms with E-state index in [1.54, 1.807) is 6.92 Å². The number of nitrogens with zero attached hydrogens (tertiary/aromatic N) is 2. The zero-order chi connectivity index (χ0) is 5.98. The molecule has 0 atom stereocenters. The van der Waals surface area contributed by atoms with E-state index in [2.05, 4.69) is 9.68 Å². The molecule has 0 aliphatic heterocycles. The molecular weight excluding hydrogens is 104 g/mol. The van der Waals surface area contributed by atoms with Gasteiger partial charge in [0.25, 0.3) is 0 Å². The normalized spacial score (nSPS) is 8.50. The molecule has 0 unspecified atom stereocenters. The first-order chi connectivity index (χ1) is 3.84. The van der Waals surface area contributed by atoms with Crippen molar-refractivity contribution in [2.45, 2.75) is 6.92 Å². The highest BCUT2D eigenvalue weighted by molar-refractivity contribution is 5.27. The molecule has 0 bridgehead atoms. The summed E-state index contributed by atoms with van der Waals surface area (Å²) >= 11 is 0. The first-order valence-electron chi connectivity index (χ1n) is 2.15. The lowest BCUT2D eigenvalue weighted by Crippen LogP contribution is -1.71. The Bertz CT molecular complexity index is 221. The molecule has 1 aromatic rings. The minimum Gasteiger partial charge on any atom is -0.363 e. The van der Waals surface area contributed by atoms with Gasteiger partial charge in [0, 0.05) is 0 Å². The number of rotatable bonds is 0. The molecule has 0 saturated carbocycles. The molecule has 0 spiro atoms. The topological polar surface area (TPSA) is 49.8 Å². The van der Waals surface area contributed by atoms with Gasteiger partial charge in [0.15, 0.2) is 0 Å². The summed E-state index contributed by atoms with van der Waals surface area (Å²) in [5.41, 5.74) is 1.15. The molecule has 1 aromatic heterocycles. The Morgan fingerprint density at radius 1 is 1.88 bits per heavy atom.